The molecule has 0 unspecified atom stereocenters. The van der Waals surface area contributed by atoms with Gasteiger partial charge in [-0.2, -0.15) is 13.2 Å². The Bertz CT molecular complexity index is 1500. The normalized spacial score (nSPS) is 11.9. The number of aryl methyl sites for hydroxylation is 1. The van der Waals surface area contributed by atoms with Gasteiger partial charge in [0.2, 0.25) is 5.55 Å². The molecule has 1 aromatic heterocycles. The molecular formula is C25H23N3O5S. The quantitative estimate of drug-likeness (QED) is 0.390. The van der Waals surface area contributed by atoms with E-state index in [1.54, 1.807) is 54.6 Å². The monoisotopic (exact) mass is 477 g/mol. The van der Waals surface area contributed by atoms with Crippen LogP contribution in [0.3, 0.4) is 0 Å². The number of methoxy groups -OCH3 is 1. The van der Waals surface area contributed by atoms with Gasteiger partial charge in [-0.15, -0.1) is 5.10 Å². The van der Waals surface area contributed by atoms with E-state index in [1.165, 1.54) is 19.2 Å². The zero-order chi connectivity index (χ0) is 24.1. The predicted octanol–water partition coefficient (Wildman–Crippen LogP) is 4.05. The van der Waals surface area contributed by atoms with Gasteiger partial charge in [-0.3, -0.25) is 4.79 Å². The van der Waals surface area contributed by atoms with Gasteiger partial charge >= 0.3 is 0 Å². The average molecular weight is 478 g/mol. The molecule has 0 fully saturated rings. The van der Waals surface area contributed by atoms with E-state index in [2.05, 4.69) is 15.2 Å². The number of fused-ring (bicyclic) bond motifs is 1. The van der Waals surface area contributed by atoms with Crippen molar-refractivity contribution in [2.45, 2.75) is 18.2 Å². The summed E-state index contributed by atoms with van der Waals surface area (Å²) in [5, 5.41) is 7.35. The van der Waals surface area contributed by atoms with Gasteiger partial charge in [0, 0.05) is 11.1 Å². The van der Waals surface area contributed by atoms with E-state index in [-0.39, 0.29) is 16.0 Å². The van der Waals surface area contributed by atoms with Crippen molar-refractivity contribution in [3.05, 3.63) is 95.5 Å². The van der Waals surface area contributed by atoms with Gasteiger partial charge in [0.15, 0.2) is 11.3 Å². The Labute approximate surface area is 196 Å². The van der Waals surface area contributed by atoms with Crippen LogP contribution in [0.4, 0.5) is 5.69 Å². The van der Waals surface area contributed by atoms with Crippen LogP contribution in [0.25, 0.3) is 11.0 Å². The fourth-order valence-electron chi connectivity index (χ4n) is 3.31. The first-order chi connectivity index (χ1) is 16.4. The molecular weight excluding hydrogens is 454 g/mol. The van der Waals surface area contributed by atoms with E-state index in [0.29, 0.717) is 22.4 Å². The van der Waals surface area contributed by atoms with Crippen molar-refractivity contribution >= 4 is 32.6 Å². The Morgan fingerprint density at radius 2 is 1.74 bits per heavy atom. The molecule has 1 amide bonds. The van der Waals surface area contributed by atoms with Crippen LogP contribution < -0.4 is 20.4 Å². The third kappa shape index (κ3) is 4.94. The third-order valence-corrected chi connectivity index (χ3v) is 6.37. The summed E-state index contributed by atoms with van der Waals surface area (Å²) in [4.78, 5) is 15.3. The minimum absolute atomic E-state index is 0.0270. The standard InChI is InChI=1S/C25H23N3O5S/c1-3-17-12-14-19(15-13-17)26-24(29)21-16-18-8-7-11-22(32-2)23(18)33-25(21)27-28-34(30,31)20-9-5-4-6-10-20/h4-16,28H,3H2,1-2H3,(H,26,29). The van der Waals surface area contributed by atoms with Gasteiger partial charge in [-0.25, -0.2) is 0 Å². The number of hydrogen-bond donors (Lipinski definition) is 2. The number of carbonyl (C=O) groups excluding carboxylic acids is 1. The molecule has 1 heterocycles. The average Bonchev–Trinajstić information content (AvgIpc) is 2.87. The van der Waals surface area contributed by atoms with Crippen molar-refractivity contribution in [2.24, 2.45) is 5.10 Å². The molecule has 0 aliphatic carbocycles. The first-order valence-corrected chi connectivity index (χ1v) is 12.0. The van der Waals surface area contributed by atoms with Crippen molar-refractivity contribution in [1.82, 2.24) is 4.83 Å². The van der Waals surface area contributed by atoms with Crippen molar-refractivity contribution in [3.63, 3.8) is 0 Å². The van der Waals surface area contributed by atoms with Crippen LogP contribution in [0.5, 0.6) is 5.75 Å². The molecule has 34 heavy (non-hydrogen) atoms. The highest BCUT2D eigenvalue weighted by Gasteiger charge is 2.17. The fraction of sp³-hybridized carbons (Fsp3) is 0.120. The summed E-state index contributed by atoms with van der Waals surface area (Å²) in [5.74, 6) is -0.0858. The maximum absolute atomic E-state index is 13.1. The fourth-order valence-corrected chi connectivity index (χ4v) is 4.13. The molecule has 2 N–H and O–H groups in total. The number of ether oxygens (including phenoxy) is 1. The van der Waals surface area contributed by atoms with E-state index in [9.17, 15) is 13.2 Å². The van der Waals surface area contributed by atoms with Gasteiger partial charge in [-0.05, 0) is 48.4 Å². The molecule has 4 rings (SSSR count). The topological polar surface area (TPSA) is 110 Å². The number of para-hydroxylation sites is 1. The molecule has 174 valence electrons. The summed E-state index contributed by atoms with van der Waals surface area (Å²) in [7, 11) is -2.49. The first kappa shape index (κ1) is 23.1. The van der Waals surface area contributed by atoms with Crippen molar-refractivity contribution in [2.75, 3.05) is 12.4 Å². The lowest BCUT2D eigenvalue weighted by molar-refractivity contribution is 0.102. The largest absolute Gasteiger partial charge is 0.493 e. The number of nitrogens with zero attached hydrogens (tertiary/aromatic N) is 1. The lowest BCUT2D eigenvalue weighted by atomic mass is 10.1. The van der Waals surface area contributed by atoms with Crippen LogP contribution in [0.2, 0.25) is 0 Å². The molecule has 0 spiro atoms. The van der Waals surface area contributed by atoms with Crippen LogP contribution in [0.15, 0.2) is 93.3 Å². The lowest BCUT2D eigenvalue weighted by Gasteiger charge is -2.09. The van der Waals surface area contributed by atoms with E-state index >= 15 is 0 Å². The number of benzene rings is 3. The van der Waals surface area contributed by atoms with Gasteiger partial charge in [0.05, 0.1) is 12.0 Å². The number of nitrogens with one attached hydrogen (secondary N) is 2. The number of sulfonamides is 1. The minimum atomic E-state index is -3.98. The lowest BCUT2D eigenvalue weighted by Crippen LogP contribution is -2.27. The highest BCUT2D eigenvalue weighted by molar-refractivity contribution is 7.89. The maximum atomic E-state index is 13.1. The van der Waals surface area contributed by atoms with Crippen molar-refractivity contribution in [3.8, 4) is 5.75 Å². The number of rotatable bonds is 7. The van der Waals surface area contributed by atoms with Gasteiger partial charge in [-0.1, -0.05) is 49.4 Å². The molecule has 0 saturated heterocycles. The molecule has 8 nitrogen and oxygen atoms in total. The zero-order valence-electron chi connectivity index (χ0n) is 18.6. The number of carbonyl (C=O) groups is 1. The second kappa shape index (κ2) is 9.80. The van der Waals surface area contributed by atoms with Gasteiger partial charge < -0.3 is 14.5 Å². The second-order valence-corrected chi connectivity index (χ2v) is 9.03. The Hall–Kier alpha value is -4.11. The summed E-state index contributed by atoms with van der Waals surface area (Å²) in [6.45, 7) is 2.04. The highest BCUT2D eigenvalue weighted by Crippen LogP contribution is 2.25. The zero-order valence-corrected chi connectivity index (χ0v) is 19.4. The highest BCUT2D eigenvalue weighted by atomic mass is 32.2. The van der Waals surface area contributed by atoms with E-state index in [1.807, 2.05) is 19.1 Å². The Balaban J connectivity index is 1.78. The minimum Gasteiger partial charge on any atom is -0.493 e. The SMILES string of the molecule is CCc1ccc(NC(=O)c2cc3cccc(OC)c3oc2=NNS(=O)(=O)c2ccccc2)cc1. The predicted molar refractivity (Wildman–Crippen MR) is 129 cm³/mol. The molecule has 0 radical (unpaired) electrons. The van der Waals surface area contributed by atoms with Gasteiger partial charge in [0.1, 0.15) is 5.56 Å². The molecule has 0 saturated carbocycles. The Kier molecular flexibility index (Phi) is 6.65. The van der Waals surface area contributed by atoms with Crippen LogP contribution in [-0.4, -0.2) is 21.4 Å². The Morgan fingerprint density at radius 3 is 2.41 bits per heavy atom. The molecule has 0 bridgehead atoms. The van der Waals surface area contributed by atoms with Crippen molar-refractivity contribution < 1.29 is 22.4 Å². The third-order valence-electron chi connectivity index (χ3n) is 5.14. The molecule has 0 aliphatic heterocycles. The van der Waals surface area contributed by atoms with Gasteiger partial charge in [0.25, 0.3) is 15.9 Å². The Morgan fingerprint density at radius 1 is 1.00 bits per heavy atom. The smallest absolute Gasteiger partial charge is 0.276 e. The summed E-state index contributed by atoms with van der Waals surface area (Å²) >= 11 is 0. The molecule has 3 aromatic carbocycles. The first-order valence-electron chi connectivity index (χ1n) is 10.5. The van der Waals surface area contributed by atoms with Crippen molar-refractivity contribution in [1.29, 1.82) is 0 Å². The molecule has 9 heteroatoms. The van der Waals surface area contributed by atoms with E-state index in [4.69, 9.17) is 9.15 Å². The van der Waals surface area contributed by atoms with Crippen LogP contribution in [-0.2, 0) is 16.4 Å². The molecule has 0 atom stereocenters. The van der Waals surface area contributed by atoms with E-state index in [0.717, 1.165) is 12.0 Å². The number of hydrogen-bond acceptors (Lipinski definition) is 6. The van der Waals surface area contributed by atoms with Crippen LogP contribution in [0, 0.1) is 0 Å². The summed E-state index contributed by atoms with van der Waals surface area (Å²) in [6.07, 6.45) is 0.879. The summed E-state index contributed by atoms with van der Waals surface area (Å²) in [5.41, 5.74) is 1.89. The molecule has 4 aromatic rings. The molecule has 0 aliphatic rings. The van der Waals surface area contributed by atoms with Crippen LogP contribution >= 0.6 is 0 Å². The second-order valence-electron chi connectivity index (χ2n) is 7.37. The van der Waals surface area contributed by atoms with E-state index < -0.39 is 15.9 Å². The summed E-state index contributed by atoms with van der Waals surface area (Å²) < 4.78 is 36.5. The summed E-state index contributed by atoms with van der Waals surface area (Å²) in [6, 6.07) is 22.0. The number of anilines is 1. The maximum Gasteiger partial charge on any atom is 0.276 e. The van der Waals surface area contributed by atoms with Crippen LogP contribution in [0.1, 0.15) is 22.8 Å². The number of amides is 1.